The second kappa shape index (κ2) is 7.85. The number of aliphatic hydroxyl groups is 1. The summed E-state index contributed by atoms with van der Waals surface area (Å²) >= 11 is 0. The zero-order valence-corrected chi connectivity index (χ0v) is 17.3. The van der Waals surface area contributed by atoms with Gasteiger partial charge in [0.05, 0.1) is 18.1 Å². The standard InChI is InChI=1S/C20H37N3O3/c1-19(2)9-7-14(8-10-19)23(18(26)20(3,4)13-24)15-11-16(21-12-15)17(25)22(5)6/h14-16,21,24H,7-13H2,1-6H3/t15?,16-/m0/s1. The highest BCUT2D eigenvalue weighted by molar-refractivity contribution is 5.84. The molecule has 2 atom stereocenters. The minimum Gasteiger partial charge on any atom is -0.395 e. The van der Waals surface area contributed by atoms with Gasteiger partial charge in [-0.25, -0.2) is 0 Å². The maximum absolute atomic E-state index is 13.3. The van der Waals surface area contributed by atoms with Crippen molar-refractivity contribution in [2.24, 2.45) is 10.8 Å². The molecule has 2 aliphatic rings. The van der Waals surface area contributed by atoms with Crippen LogP contribution in [0.15, 0.2) is 0 Å². The lowest BCUT2D eigenvalue weighted by molar-refractivity contribution is -0.149. The van der Waals surface area contributed by atoms with E-state index in [1.165, 1.54) is 0 Å². The summed E-state index contributed by atoms with van der Waals surface area (Å²) in [4.78, 5) is 29.2. The summed E-state index contributed by atoms with van der Waals surface area (Å²) in [6, 6.07) is -0.0302. The first kappa shape index (κ1) is 21.2. The van der Waals surface area contributed by atoms with Gasteiger partial charge in [0.25, 0.3) is 0 Å². The molecule has 1 heterocycles. The van der Waals surface area contributed by atoms with Gasteiger partial charge in [-0.1, -0.05) is 13.8 Å². The molecule has 0 aromatic rings. The Morgan fingerprint density at radius 2 is 1.73 bits per heavy atom. The van der Waals surface area contributed by atoms with Crippen molar-refractivity contribution in [2.45, 2.75) is 77.9 Å². The molecule has 2 amide bonds. The van der Waals surface area contributed by atoms with Gasteiger partial charge in [-0.3, -0.25) is 9.59 Å². The molecule has 0 aromatic heterocycles. The first-order chi connectivity index (χ1) is 12.0. The van der Waals surface area contributed by atoms with Crippen molar-refractivity contribution < 1.29 is 14.7 Å². The fourth-order valence-corrected chi connectivity index (χ4v) is 4.14. The Balaban J connectivity index is 2.19. The molecular weight excluding hydrogens is 330 g/mol. The minimum absolute atomic E-state index is 0.00781. The Hall–Kier alpha value is -1.14. The average Bonchev–Trinajstić information content (AvgIpc) is 3.05. The Kier molecular flexibility index (Phi) is 6.39. The van der Waals surface area contributed by atoms with E-state index in [9.17, 15) is 14.7 Å². The van der Waals surface area contributed by atoms with Crippen LogP contribution in [-0.2, 0) is 9.59 Å². The van der Waals surface area contributed by atoms with Crippen LogP contribution in [0.4, 0.5) is 0 Å². The maximum Gasteiger partial charge on any atom is 0.239 e. The van der Waals surface area contributed by atoms with Gasteiger partial charge in [0, 0.05) is 32.7 Å². The number of aliphatic hydroxyl groups excluding tert-OH is 1. The van der Waals surface area contributed by atoms with Gasteiger partial charge in [0.15, 0.2) is 0 Å². The number of hydrogen-bond acceptors (Lipinski definition) is 4. The summed E-state index contributed by atoms with van der Waals surface area (Å²) in [5.74, 6) is 0.0700. The Bertz CT molecular complexity index is 520. The van der Waals surface area contributed by atoms with E-state index in [2.05, 4.69) is 19.2 Å². The zero-order chi connectivity index (χ0) is 19.7. The topological polar surface area (TPSA) is 72.9 Å². The molecule has 1 saturated carbocycles. The molecular formula is C20H37N3O3. The summed E-state index contributed by atoms with van der Waals surface area (Å²) in [7, 11) is 3.52. The van der Waals surface area contributed by atoms with Crippen molar-refractivity contribution in [1.29, 1.82) is 0 Å². The Morgan fingerprint density at radius 3 is 2.23 bits per heavy atom. The molecule has 1 saturated heterocycles. The molecule has 26 heavy (non-hydrogen) atoms. The van der Waals surface area contributed by atoms with Crippen LogP contribution in [0.3, 0.4) is 0 Å². The van der Waals surface area contributed by atoms with Crippen LogP contribution in [-0.4, -0.2) is 72.1 Å². The third-order valence-corrected chi connectivity index (χ3v) is 6.15. The molecule has 0 radical (unpaired) electrons. The average molecular weight is 368 g/mol. The predicted octanol–water partition coefficient (Wildman–Crippen LogP) is 1.62. The van der Waals surface area contributed by atoms with Crippen LogP contribution in [0.25, 0.3) is 0 Å². The number of nitrogens with zero attached hydrogens (tertiary/aromatic N) is 2. The number of carbonyl (C=O) groups is 2. The first-order valence-corrected chi connectivity index (χ1v) is 9.87. The highest BCUT2D eigenvalue weighted by atomic mass is 16.3. The van der Waals surface area contributed by atoms with E-state index < -0.39 is 5.41 Å². The zero-order valence-electron chi connectivity index (χ0n) is 17.3. The van der Waals surface area contributed by atoms with Gasteiger partial charge in [-0.2, -0.15) is 0 Å². The summed E-state index contributed by atoms with van der Waals surface area (Å²) in [6.45, 7) is 8.66. The van der Waals surface area contributed by atoms with Crippen LogP contribution < -0.4 is 5.32 Å². The van der Waals surface area contributed by atoms with E-state index in [1.54, 1.807) is 32.8 Å². The minimum atomic E-state index is -0.795. The van der Waals surface area contributed by atoms with Crippen LogP contribution in [0.2, 0.25) is 0 Å². The molecule has 1 aliphatic heterocycles. The molecule has 2 fully saturated rings. The fraction of sp³-hybridized carbons (Fsp3) is 0.900. The van der Waals surface area contributed by atoms with E-state index in [-0.39, 0.29) is 36.5 Å². The molecule has 6 heteroatoms. The van der Waals surface area contributed by atoms with Crippen LogP contribution in [0.1, 0.15) is 59.8 Å². The summed E-state index contributed by atoms with van der Waals surface area (Å²) in [6.07, 6.45) is 4.82. The number of rotatable bonds is 5. The van der Waals surface area contributed by atoms with Crippen molar-refractivity contribution in [3.05, 3.63) is 0 Å². The molecule has 2 rings (SSSR count). The van der Waals surface area contributed by atoms with Crippen molar-refractivity contribution in [1.82, 2.24) is 15.1 Å². The molecule has 1 aliphatic carbocycles. The highest BCUT2D eigenvalue weighted by Gasteiger charge is 2.44. The van der Waals surface area contributed by atoms with E-state index in [4.69, 9.17) is 0 Å². The fourth-order valence-electron chi connectivity index (χ4n) is 4.14. The van der Waals surface area contributed by atoms with Crippen LogP contribution in [0, 0.1) is 10.8 Å². The number of likely N-dealkylation sites (N-methyl/N-ethyl adjacent to an activating group) is 1. The molecule has 0 spiro atoms. The Morgan fingerprint density at radius 1 is 1.15 bits per heavy atom. The van der Waals surface area contributed by atoms with Gasteiger partial charge in [-0.05, 0) is 51.4 Å². The summed E-state index contributed by atoms with van der Waals surface area (Å²) in [5, 5.41) is 13.0. The number of nitrogens with one attached hydrogen (secondary N) is 1. The summed E-state index contributed by atoms with van der Waals surface area (Å²) in [5.41, 5.74) is -0.467. The van der Waals surface area contributed by atoms with Gasteiger partial charge in [0.2, 0.25) is 11.8 Å². The molecule has 0 bridgehead atoms. The third-order valence-electron chi connectivity index (χ3n) is 6.15. The van der Waals surface area contributed by atoms with E-state index in [1.807, 2.05) is 4.90 Å². The second-order valence-corrected chi connectivity index (χ2v) is 9.73. The van der Waals surface area contributed by atoms with Gasteiger partial charge < -0.3 is 20.2 Å². The third kappa shape index (κ3) is 4.58. The van der Waals surface area contributed by atoms with Crippen molar-refractivity contribution in [3.8, 4) is 0 Å². The van der Waals surface area contributed by atoms with Crippen molar-refractivity contribution >= 4 is 11.8 Å². The lowest BCUT2D eigenvalue weighted by Crippen LogP contribution is -2.54. The van der Waals surface area contributed by atoms with E-state index in [0.717, 1.165) is 25.7 Å². The van der Waals surface area contributed by atoms with Gasteiger partial charge in [-0.15, -0.1) is 0 Å². The lowest BCUT2D eigenvalue weighted by atomic mass is 9.74. The van der Waals surface area contributed by atoms with Gasteiger partial charge >= 0.3 is 0 Å². The maximum atomic E-state index is 13.3. The molecule has 6 nitrogen and oxygen atoms in total. The monoisotopic (exact) mass is 367 g/mol. The van der Waals surface area contributed by atoms with Crippen molar-refractivity contribution in [2.75, 3.05) is 27.2 Å². The first-order valence-electron chi connectivity index (χ1n) is 9.87. The predicted molar refractivity (Wildman–Crippen MR) is 103 cm³/mol. The largest absolute Gasteiger partial charge is 0.395 e. The number of carbonyl (C=O) groups excluding carboxylic acids is 2. The lowest BCUT2D eigenvalue weighted by Gasteiger charge is -2.45. The smallest absolute Gasteiger partial charge is 0.239 e. The molecule has 0 aromatic carbocycles. The van der Waals surface area contributed by atoms with Crippen molar-refractivity contribution in [3.63, 3.8) is 0 Å². The normalized spacial score (nSPS) is 26.6. The number of amides is 2. The number of hydrogen-bond donors (Lipinski definition) is 2. The quantitative estimate of drug-likeness (QED) is 0.774. The van der Waals surface area contributed by atoms with Gasteiger partial charge in [0.1, 0.15) is 0 Å². The van der Waals surface area contributed by atoms with Crippen LogP contribution >= 0.6 is 0 Å². The molecule has 1 unspecified atom stereocenters. The second-order valence-electron chi connectivity index (χ2n) is 9.73. The van der Waals surface area contributed by atoms with Crippen LogP contribution in [0.5, 0.6) is 0 Å². The van der Waals surface area contributed by atoms with E-state index in [0.29, 0.717) is 18.4 Å². The Labute approximate surface area is 158 Å². The summed E-state index contributed by atoms with van der Waals surface area (Å²) < 4.78 is 0. The SMILES string of the molecule is CN(C)C(=O)[C@@H]1CC(N(C(=O)C(C)(C)CO)C2CCC(C)(C)CC2)CN1. The molecule has 150 valence electrons. The highest BCUT2D eigenvalue weighted by Crippen LogP contribution is 2.39. The molecule has 2 N–H and O–H groups in total. The van der Waals surface area contributed by atoms with E-state index >= 15 is 0 Å².